The topological polar surface area (TPSA) is 96.0 Å². The number of nitrogens with zero attached hydrogens (tertiary/aromatic N) is 2. The smallest absolute Gasteiger partial charge is 0.264 e. The predicted molar refractivity (Wildman–Crippen MR) is 165 cm³/mol. The molecular formula is C31H37BrFN3O5S. The number of aryl methyl sites for hydroxylation is 1. The van der Waals surface area contributed by atoms with E-state index in [1.54, 1.807) is 31.2 Å². The lowest BCUT2D eigenvalue weighted by Crippen LogP contribution is -2.53. The molecular weight excluding hydrogens is 625 g/mol. The first-order valence-electron chi connectivity index (χ1n) is 13.7. The number of amides is 2. The van der Waals surface area contributed by atoms with Crippen molar-refractivity contribution in [3.8, 4) is 5.75 Å². The number of anilines is 1. The van der Waals surface area contributed by atoms with Crippen LogP contribution in [0, 0.1) is 12.7 Å². The number of hydrogen-bond acceptors (Lipinski definition) is 5. The standard InChI is InChI=1S/C31H37BrFN3O5S/c1-6-22(4)34-31(38)28(7-2)35(19-23-10-12-24(33)13-11-23)30(37)20-36(25-14-8-21(3)9-15-25)42(39,40)26-16-17-29(41-5)27(32)18-26/h8-18,22,28H,6-7,19-20H2,1-5H3,(H,34,38)/t22-,28-/m0/s1. The minimum Gasteiger partial charge on any atom is -0.496 e. The van der Waals surface area contributed by atoms with Crippen molar-refractivity contribution in [1.82, 2.24) is 10.2 Å². The Morgan fingerprint density at radius 2 is 1.64 bits per heavy atom. The Morgan fingerprint density at radius 3 is 2.19 bits per heavy atom. The van der Waals surface area contributed by atoms with E-state index in [9.17, 15) is 22.4 Å². The molecule has 11 heteroatoms. The molecule has 0 aliphatic carbocycles. The van der Waals surface area contributed by atoms with Gasteiger partial charge in [0, 0.05) is 12.6 Å². The summed E-state index contributed by atoms with van der Waals surface area (Å²) in [5.41, 5.74) is 1.81. The second kappa shape index (κ2) is 14.6. The number of carbonyl (C=O) groups excluding carboxylic acids is 2. The van der Waals surface area contributed by atoms with Gasteiger partial charge in [0.2, 0.25) is 11.8 Å². The van der Waals surface area contributed by atoms with E-state index in [-0.39, 0.29) is 29.8 Å². The number of hydrogen-bond donors (Lipinski definition) is 1. The normalized spacial score (nSPS) is 12.7. The lowest BCUT2D eigenvalue weighted by atomic mass is 10.1. The summed E-state index contributed by atoms with van der Waals surface area (Å²) >= 11 is 3.35. The average molecular weight is 663 g/mol. The van der Waals surface area contributed by atoms with Crippen LogP contribution in [0.25, 0.3) is 0 Å². The van der Waals surface area contributed by atoms with Crippen LogP contribution in [-0.4, -0.2) is 50.9 Å². The zero-order valence-electron chi connectivity index (χ0n) is 24.4. The average Bonchev–Trinajstić information content (AvgIpc) is 2.97. The Labute approximate surface area is 256 Å². The Kier molecular flexibility index (Phi) is 11.5. The van der Waals surface area contributed by atoms with Crippen LogP contribution < -0.4 is 14.4 Å². The molecule has 2 atom stereocenters. The number of halogens is 2. The Bertz CT molecular complexity index is 1480. The van der Waals surface area contributed by atoms with Gasteiger partial charge in [-0.3, -0.25) is 13.9 Å². The molecule has 8 nitrogen and oxygen atoms in total. The van der Waals surface area contributed by atoms with Crippen molar-refractivity contribution < 1.29 is 27.1 Å². The number of carbonyl (C=O) groups is 2. The SMILES string of the molecule is CC[C@H](C)NC(=O)[C@H](CC)N(Cc1ccc(F)cc1)C(=O)CN(c1ccc(C)cc1)S(=O)(=O)c1ccc(OC)c(Br)c1. The van der Waals surface area contributed by atoms with Crippen LogP contribution in [0.4, 0.5) is 10.1 Å². The molecule has 0 spiro atoms. The lowest BCUT2D eigenvalue weighted by Gasteiger charge is -2.33. The number of benzene rings is 3. The van der Waals surface area contributed by atoms with Gasteiger partial charge in [-0.15, -0.1) is 0 Å². The summed E-state index contributed by atoms with van der Waals surface area (Å²) in [6, 6.07) is 15.8. The van der Waals surface area contributed by atoms with Crippen molar-refractivity contribution in [2.45, 2.75) is 64.1 Å². The molecule has 42 heavy (non-hydrogen) atoms. The monoisotopic (exact) mass is 661 g/mol. The molecule has 226 valence electrons. The molecule has 0 bridgehead atoms. The van der Waals surface area contributed by atoms with E-state index in [0.29, 0.717) is 27.9 Å². The number of nitrogens with one attached hydrogen (secondary N) is 1. The van der Waals surface area contributed by atoms with Gasteiger partial charge in [-0.2, -0.15) is 0 Å². The first-order chi connectivity index (χ1) is 19.9. The van der Waals surface area contributed by atoms with E-state index in [0.717, 1.165) is 9.87 Å². The highest BCUT2D eigenvalue weighted by atomic mass is 79.9. The molecule has 0 unspecified atom stereocenters. The third-order valence-corrected chi connectivity index (χ3v) is 9.35. The van der Waals surface area contributed by atoms with Gasteiger partial charge in [-0.1, -0.05) is 43.7 Å². The Hall–Kier alpha value is -3.44. The summed E-state index contributed by atoms with van der Waals surface area (Å²) in [5, 5.41) is 2.93. The molecule has 3 rings (SSSR count). The Morgan fingerprint density at radius 1 is 1.00 bits per heavy atom. The highest BCUT2D eigenvalue weighted by Crippen LogP contribution is 2.31. The molecule has 3 aromatic rings. The van der Waals surface area contributed by atoms with Crippen molar-refractivity contribution in [1.29, 1.82) is 0 Å². The van der Waals surface area contributed by atoms with Gasteiger partial charge < -0.3 is 15.0 Å². The summed E-state index contributed by atoms with van der Waals surface area (Å²) < 4.78 is 48.5. The van der Waals surface area contributed by atoms with E-state index in [1.165, 1.54) is 54.5 Å². The number of rotatable bonds is 13. The fraction of sp³-hybridized carbons (Fsp3) is 0.355. The second-order valence-corrected chi connectivity index (χ2v) is 12.8. The quantitative estimate of drug-likeness (QED) is 0.249. The maximum Gasteiger partial charge on any atom is 0.264 e. The van der Waals surface area contributed by atoms with Crippen LogP contribution in [0.15, 0.2) is 76.1 Å². The first kappa shape index (κ1) is 33.1. The van der Waals surface area contributed by atoms with Crippen LogP contribution in [0.1, 0.15) is 44.7 Å². The van der Waals surface area contributed by atoms with E-state index in [4.69, 9.17) is 4.74 Å². The van der Waals surface area contributed by atoms with Gasteiger partial charge in [0.1, 0.15) is 24.2 Å². The fourth-order valence-corrected chi connectivity index (χ4v) is 6.45. The zero-order valence-corrected chi connectivity index (χ0v) is 26.8. The minimum atomic E-state index is -4.25. The van der Waals surface area contributed by atoms with Gasteiger partial charge >= 0.3 is 0 Å². The second-order valence-electron chi connectivity index (χ2n) is 10.0. The molecule has 2 amide bonds. The van der Waals surface area contributed by atoms with Crippen molar-refractivity contribution >= 4 is 43.5 Å². The fourth-order valence-electron chi connectivity index (χ4n) is 4.32. The third kappa shape index (κ3) is 8.10. The van der Waals surface area contributed by atoms with Gasteiger partial charge in [-0.05, 0) is 90.6 Å². The Balaban J connectivity index is 2.07. The summed E-state index contributed by atoms with van der Waals surface area (Å²) in [4.78, 5) is 28.8. The van der Waals surface area contributed by atoms with E-state index >= 15 is 0 Å². The number of methoxy groups -OCH3 is 1. The highest BCUT2D eigenvalue weighted by Gasteiger charge is 2.34. The molecule has 0 aliphatic heterocycles. The van der Waals surface area contributed by atoms with Gasteiger partial charge in [-0.25, -0.2) is 12.8 Å². The van der Waals surface area contributed by atoms with Gasteiger partial charge in [0.25, 0.3) is 10.0 Å². The van der Waals surface area contributed by atoms with Crippen molar-refractivity contribution in [2.75, 3.05) is 18.0 Å². The first-order valence-corrected chi connectivity index (χ1v) is 15.9. The van der Waals surface area contributed by atoms with Gasteiger partial charge in [0.15, 0.2) is 0 Å². The van der Waals surface area contributed by atoms with Crippen molar-refractivity contribution in [3.05, 3.63) is 88.1 Å². The summed E-state index contributed by atoms with van der Waals surface area (Å²) in [5.74, 6) is -0.899. The van der Waals surface area contributed by atoms with Crippen LogP contribution in [0.2, 0.25) is 0 Å². The summed E-state index contributed by atoms with van der Waals surface area (Å²) in [6.07, 6.45) is 0.989. The molecule has 0 aliphatic rings. The van der Waals surface area contributed by atoms with E-state index in [2.05, 4.69) is 21.2 Å². The van der Waals surface area contributed by atoms with Crippen LogP contribution >= 0.6 is 15.9 Å². The summed E-state index contributed by atoms with van der Waals surface area (Å²) in [7, 11) is -2.77. The number of ether oxygens (including phenoxy) is 1. The predicted octanol–water partition coefficient (Wildman–Crippen LogP) is 5.82. The third-order valence-electron chi connectivity index (χ3n) is 6.97. The van der Waals surface area contributed by atoms with Crippen LogP contribution in [0.5, 0.6) is 5.75 Å². The van der Waals surface area contributed by atoms with Crippen molar-refractivity contribution in [2.24, 2.45) is 0 Å². The maximum absolute atomic E-state index is 14.1. The zero-order chi connectivity index (χ0) is 31.0. The summed E-state index contributed by atoms with van der Waals surface area (Å²) in [6.45, 7) is 6.89. The van der Waals surface area contributed by atoms with E-state index in [1.807, 2.05) is 20.8 Å². The molecule has 0 saturated carbocycles. The molecule has 3 aromatic carbocycles. The number of sulfonamides is 1. The lowest BCUT2D eigenvalue weighted by molar-refractivity contribution is -0.140. The molecule has 0 fully saturated rings. The van der Waals surface area contributed by atoms with Crippen LogP contribution in [0.3, 0.4) is 0 Å². The van der Waals surface area contributed by atoms with Crippen LogP contribution in [-0.2, 0) is 26.2 Å². The largest absolute Gasteiger partial charge is 0.496 e. The van der Waals surface area contributed by atoms with E-state index < -0.39 is 34.3 Å². The van der Waals surface area contributed by atoms with Crippen molar-refractivity contribution in [3.63, 3.8) is 0 Å². The minimum absolute atomic E-state index is 0.0125. The molecule has 0 aromatic heterocycles. The molecule has 1 N–H and O–H groups in total. The highest BCUT2D eigenvalue weighted by molar-refractivity contribution is 9.10. The van der Waals surface area contributed by atoms with Gasteiger partial charge in [0.05, 0.1) is 22.2 Å². The maximum atomic E-state index is 14.1. The molecule has 0 saturated heterocycles. The molecule has 0 radical (unpaired) electrons. The molecule has 0 heterocycles.